The molecule has 3 nitrogen and oxygen atoms in total. The average Bonchev–Trinajstić information content (AvgIpc) is 2.62. The quantitative estimate of drug-likeness (QED) is 0.566. The van der Waals surface area contributed by atoms with Crippen LogP contribution in [0.4, 0.5) is 8.78 Å². The van der Waals surface area contributed by atoms with E-state index in [1.807, 2.05) is 0 Å². The summed E-state index contributed by atoms with van der Waals surface area (Å²) in [6.07, 6.45) is 0. The van der Waals surface area contributed by atoms with Crippen molar-refractivity contribution in [3.8, 4) is 5.75 Å². The summed E-state index contributed by atoms with van der Waals surface area (Å²) in [7, 11) is 0. The number of carbonyl (C=O) groups is 1. The minimum absolute atomic E-state index is 0.0500. The molecular formula is C19H13F2IO3. The molecule has 1 N–H and O–H groups in total. The third-order valence-corrected chi connectivity index (χ3v) is 7.82. The molecule has 3 rings (SSSR count). The molecule has 0 saturated carbocycles. The SMILES string of the molecule is O=C(OI(c1ccc(F)cc1)c1ccc(F)cc1)c1ccccc1O. The van der Waals surface area contributed by atoms with Gasteiger partial charge in [0.2, 0.25) is 0 Å². The Bertz CT molecular complexity index is 834. The summed E-state index contributed by atoms with van der Waals surface area (Å²) in [4.78, 5) is 12.5. The Morgan fingerprint density at radius 2 is 1.28 bits per heavy atom. The fourth-order valence-corrected chi connectivity index (χ4v) is 5.95. The molecule has 0 spiro atoms. The Balaban J connectivity index is 1.96. The zero-order chi connectivity index (χ0) is 17.8. The molecule has 0 aliphatic rings. The van der Waals surface area contributed by atoms with Crippen LogP contribution in [0, 0.1) is 18.8 Å². The van der Waals surface area contributed by atoms with Crippen LogP contribution in [-0.4, -0.2) is 11.1 Å². The van der Waals surface area contributed by atoms with E-state index in [2.05, 4.69) is 0 Å². The summed E-state index contributed by atoms with van der Waals surface area (Å²) in [5, 5.41) is 9.83. The van der Waals surface area contributed by atoms with Crippen LogP contribution in [0.15, 0.2) is 72.8 Å². The van der Waals surface area contributed by atoms with Crippen molar-refractivity contribution in [2.75, 3.05) is 0 Å². The second-order valence-electron chi connectivity index (χ2n) is 5.00. The van der Waals surface area contributed by atoms with Gasteiger partial charge in [-0.3, -0.25) is 0 Å². The van der Waals surface area contributed by atoms with Gasteiger partial charge in [0, 0.05) is 0 Å². The van der Waals surface area contributed by atoms with Gasteiger partial charge >= 0.3 is 151 Å². The molecular weight excluding hydrogens is 441 g/mol. The van der Waals surface area contributed by atoms with Crippen LogP contribution >= 0.6 is 20.2 Å². The molecule has 6 heteroatoms. The zero-order valence-electron chi connectivity index (χ0n) is 12.8. The summed E-state index contributed by atoms with van der Waals surface area (Å²) in [6.45, 7) is 0. The number of halogens is 3. The van der Waals surface area contributed by atoms with Gasteiger partial charge in [-0.15, -0.1) is 0 Å². The van der Waals surface area contributed by atoms with E-state index in [-0.39, 0.29) is 11.3 Å². The number of aromatic hydroxyl groups is 1. The van der Waals surface area contributed by atoms with Gasteiger partial charge < -0.3 is 0 Å². The van der Waals surface area contributed by atoms with Crippen LogP contribution in [0.1, 0.15) is 10.4 Å². The Morgan fingerprint density at radius 1 is 0.800 bits per heavy atom. The molecule has 3 aromatic carbocycles. The first kappa shape index (κ1) is 17.3. The predicted molar refractivity (Wildman–Crippen MR) is 97.7 cm³/mol. The van der Waals surface area contributed by atoms with Crippen LogP contribution in [-0.2, 0) is 3.07 Å². The van der Waals surface area contributed by atoms with Crippen molar-refractivity contribution in [3.63, 3.8) is 0 Å². The molecule has 0 aliphatic heterocycles. The van der Waals surface area contributed by atoms with Crippen molar-refractivity contribution < 1.29 is 21.7 Å². The van der Waals surface area contributed by atoms with Gasteiger partial charge in [-0.05, 0) is 0 Å². The molecule has 0 heterocycles. The predicted octanol–water partition coefficient (Wildman–Crippen LogP) is 4.99. The van der Waals surface area contributed by atoms with E-state index >= 15 is 0 Å². The molecule has 0 fully saturated rings. The van der Waals surface area contributed by atoms with Crippen LogP contribution < -0.4 is 0 Å². The van der Waals surface area contributed by atoms with Crippen molar-refractivity contribution >= 4 is 26.2 Å². The standard InChI is InChI=1S/C19H13F2IO3/c20-13-5-9-15(10-6-13)22(16-11-7-14(21)8-12-16)25-19(24)17-3-1-2-4-18(17)23/h1-12,23H. The van der Waals surface area contributed by atoms with Gasteiger partial charge in [0.15, 0.2) is 0 Å². The number of hydrogen-bond donors (Lipinski definition) is 1. The van der Waals surface area contributed by atoms with E-state index in [1.165, 1.54) is 36.4 Å². The zero-order valence-corrected chi connectivity index (χ0v) is 15.0. The molecule has 0 atom stereocenters. The molecule has 0 saturated heterocycles. The first-order valence-corrected chi connectivity index (χ1v) is 10.3. The maximum absolute atomic E-state index is 13.2. The Labute approximate surface area is 150 Å². The topological polar surface area (TPSA) is 46.5 Å². The fraction of sp³-hybridized carbons (Fsp3) is 0. The first-order chi connectivity index (χ1) is 12.0. The normalized spacial score (nSPS) is 11.0. The number of para-hydroxylation sites is 1. The molecule has 0 aromatic heterocycles. The van der Waals surface area contributed by atoms with Crippen molar-refractivity contribution in [2.24, 2.45) is 0 Å². The number of rotatable bonds is 4. The van der Waals surface area contributed by atoms with Crippen LogP contribution in [0.3, 0.4) is 0 Å². The van der Waals surface area contributed by atoms with Gasteiger partial charge in [0.1, 0.15) is 0 Å². The van der Waals surface area contributed by atoms with Crippen molar-refractivity contribution in [2.45, 2.75) is 0 Å². The molecule has 0 bridgehead atoms. The average molecular weight is 454 g/mol. The van der Waals surface area contributed by atoms with Gasteiger partial charge in [-0.25, -0.2) is 0 Å². The third-order valence-electron chi connectivity index (χ3n) is 3.27. The van der Waals surface area contributed by atoms with E-state index in [0.29, 0.717) is 7.14 Å². The third kappa shape index (κ3) is 4.14. The second-order valence-corrected chi connectivity index (χ2v) is 9.36. The molecule has 0 radical (unpaired) electrons. The van der Waals surface area contributed by atoms with Gasteiger partial charge in [0.05, 0.1) is 0 Å². The van der Waals surface area contributed by atoms with Crippen LogP contribution in [0.2, 0.25) is 0 Å². The van der Waals surface area contributed by atoms with Crippen LogP contribution in [0.5, 0.6) is 5.75 Å². The van der Waals surface area contributed by atoms with Crippen molar-refractivity contribution in [1.29, 1.82) is 0 Å². The number of carbonyl (C=O) groups excluding carboxylic acids is 1. The summed E-state index contributed by atoms with van der Waals surface area (Å²) < 4.78 is 33.5. The van der Waals surface area contributed by atoms with Gasteiger partial charge in [-0.1, -0.05) is 0 Å². The fourth-order valence-electron chi connectivity index (χ4n) is 2.06. The van der Waals surface area contributed by atoms with E-state index in [1.54, 1.807) is 36.4 Å². The van der Waals surface area contributed by atoms with E-state index in [9.17, 15) is 18.7 Å². The molecule has 128 valence electrons. The van der Waals surface area contributed by atoms with E-state index in [0.717, 1.165) is 0 Å². The van der Waals surface area contributed by atoms with Crippen molar-refractivity contribution in [3.05, 3.63) is 97.1 Å². The summed E-state index contributed by atoms with van der Waals surface area (Å²) >= 11 is -2.75. The number of hydrogen-bond acceptors (Lipinski definition) is 3. The molecule has 3 aromatic rings. The minimum atomic E-state index is -2.75. The van der Waals surface area contributed by atoms with Crippen LogP contribution in [0.25, 0.3) is 0 Å². The molecule has 25 heavy (non-hydrogen) atoms. The van der Waals surface area contributed by atoms with Gasteiger partial charge in [-0.2, -0.15) is 0 Å². The van der Waals surface area contributed by atoms with Gasteiger partial charge in [0.25, 0.3) is 0 Å². The Hall–Kier alpha value is -2.48. The Morgan fingerprint density at radius 3 is 1.76 bits per heavy atom. The summed E-state index contributed by atoms with van der Waals surface area (Å²) in [5.41, 5.74) is 0.0500. The van der Waals surface area contributed by atoms with Crippen molar-refractivity contribution in [1.82, 2.24) is 0 Å². The number of phenols is 1. The van der Waals surface area contributed by atoms with E-state index < -0.39 is 37.8 Å². The Kier molecular flexibility index (Phi) is 5.28. The number of benzene rings is 3. The summed E-state index contributed by atoms with van der Waals surface area (Å²) in [5.74, 6) is -1.64. The monoisotopic (exact) mass is 454 g/mol. The molecule has 0 amide bonds. The van der Waals surface area contributed by atoms with E-state index in [4.69, 9.17) is 3.07 Å². The first-order valence-electron chi connectivity index (χ1n) is 7.26. The molecule has 0 unspecified atom stereocenters. The molecule has 0 aliphatic carbocycles. The second kappa shape index (κ2) is 7.60. The maximum atomic E-state index is 13.2. The number of phenolic OH excluding ortho intramolecular Hbond substituents is 1. The summed E-state index contributed by atoms with van der Waals surface area (Å²) in [6, 6.07) is 17.5.